The Morgan fingerprint density at radius 1 is 1.48 bits per heavy atom. The fourth-order valence-corrected chi connectivity index (χ4v) is 2.39. The van der Waals surface area contributed by atoms with E-state index in [0.717, 1.165) is 36.4 Å². The van der Waals surface area contributed by atoms with Crippen LogP contribution >= 0.6 is 0 Å². The van der Waals surface area contributed by atoms with E-state index in [1.807, 2.05) is 12.4 Å². The smallest absolute Gasteiger partial charge is 0.129 e. The number of anilines is 1. The molecule has 0 unspecified atom stereocenters. The predicted octanol–water partition coefficient (Wildman–Crippen LogP) is 1.89. The summed E-state index contributed by atoms with van der Waals surface area (Å²) in [7, 11) is 0. The Hall–Kier alpha value is -1.70. The van der Waals surface area contributed by atoms with Crippen molar-refractivity contribution in [2.24, 2.45) is 0 Å². The zero-order valence-corrected chi connectivity index (χ0v) is 12.8. The molecule has 3 heterocycles. The zero-order valence-electron chi connectivity index (χ0n) is 12.8. The Labute approximate surface area is 125 Å². The van der Waals surface area contributed by atoms with E-state index >= 15 is 0 Å². The van der Waals surface area contributed by atoms with Gasteiger partial charge in [-0.15, -0.1) is 0 Å². The number of aromatic amines is 1. The molecule has 0 spiro atoms. The third-order valence-electron chi connectivity index (χ3n) is 3.52. The first-order chi connectivity index (χ1) is 10.1. The van der Waals surface area contributed by atoms with Crippen molar-refractivity contribution in [3.8, 4) is 0 Å². The maximum atomic E-state index is 7.38. The van der Waals surface area contributed by atoms with E-state index in [9.17, 15) is 0 Å². The van der Waals surface area contributed by atoms with Crippen LogP contribution in [-0.4, -0.2) is 52.2 Å². The minimum Gasteiger partial charge on any atom is -0.349 e. The van der Waals surface area contributed by atoms with Crippen molar-refractivity contribution in [1.82, 2.24) is 20.5 Å². The van der Waals surface area contributed by atoms with Gasteiger partial charge in [0.25, 0.3) is 0 Å². The second-order valence-electron chi connectivity index (χ2n) is 5.56. The molecule has 1 aliphatic rings. The summed E-state index contributed by atoms with van der Waals surface area (Å²) in [4.78, 5) is 10.4. The van der Waals surface area contributed by atoms with Gasteiger partial charge in [0.2, 0.25) is 0 Å². The van der Waals surface area contributed by atoms with Gasteiger partial charge in [-0.3, -0.25) is 10.4 Å². The molecule has 3 rings (SSSR count). The molecule has 0 bridgehead atoms. The number of nitrogens with zero attached hydrogens (tertiary/aromatic N) is 3. The lowest BCUT2D eigenvalue weighted by Gasteiger charge is -2.43. The number of H-pyrrole nitrogens is 1. The molecule has 0 aliphatic carbocycles. The molecule has 3 N–H and O–H groups in total. The third kappa shape index (κ3) is 3.69. The van der Waals surface area contributed by atoms with Gasteiger partial charge in [0.05, 0.1) is 24.5 Å². The first-order valence-electron chi connectivity index (χ1n) is 7.12. The summed E-state index contributed by atoms with van der Waals surface area (Å²) < 4.78 is 0. The van der Waals surface area contributed by atoms with Gasteiger partial charge in [-0.2, -0.15) is 5.10 Å². The van der Waals surface area contributed by atoms with E-state index in [0.29, 0.717) is 6.61 Å². The second kappa shape index (κ2) is 6.84. The van der Waals surface area contributed by atoms with Crippen LogP contribution in [0.5, 0.6) is 0 Å². The van der Waals surface area contributed by atoms with Crippen LogP contribution in [0.3, 0.4) is 0 Å². The lowest BCUT2D eigenvalue weighted by atomic mass is 10.00. The molecule has 0 aromatic carbocycles. The van der Waals surface area contributed by atoms with Crippen LogP contribution in [0.15, 0.2) is 18.5 Å². The van der Waals surface area contributed by atoms with Gasteiger partial charge in [0.15, 0.2) is 0 Å². The highest BCUT2D eigenvalue weighted by molar-refractivity contribution is 5.79. The first kappa shape index (κ1) is 15.7. The van der Waals surface area contributed by atoms with Gasteiger partial charge in [-0.05, 0) is 26.8 Å². The topological polar surface area (TPSA) is 86.3 Å². The Balaban J connectivity index is 0.000000436. The molecule has 2 aromatic heterocycles. The highest BCUT2D eigenvalue weighted by atomic mass is 17.1. The van der Waals surface area contributed by atoms with Crippen molar-refractivity contribution in [3.05, 3.63) is 18.5 Å². The Kier molecular flexibility index (Phi) is 5.11. The second-order valence-corrected chi connectivity index (χ2v) is 5.56. The molecule has 21 heavy (non-hydrogen) atoms. The number of rotatable bonds is 2. The molecule has 1 saturated heterocycles. The summed E-state index contributed by atoms with van der Waals surface area (Å²) in [6, 6.07) is 2.10. The fourth-order valence-electron chi connectivity index (χ4n) is 2.39. The highest BCUT2D eigenvalue weighted by Crippen LogP contribution is 2.25. The van der Waals surface area contributed by atoms with Crippen molar-refractivity contribution < 1.29 is 11.6 Å². The number of hydrogen-bond acceptors (Lipinski definition) is 6. The lowest BCUT2D eigenvalue weighted by molar-refractivity contribution is -0.237. The van der Waals surface area contributed by atoms with Crippen LogP contribution in [0.25, 0.3) is 10.9 Å². The van der Waals surface area contributed by atoms with Crippen LogP contribution in [0.1, 0.15) is 22.2 Å². The molecule has 0 saturated carbocycles. The van der Waals surface area contributed by atoms with Crippen molar-refractivity contribution in [2.45, 2.75) is 26.3 Å². The van der Waals surface area contributed by atoms with Crippen LogP contribution in [0.2, 0.25) is 0 Å². The third-order valence-corrected chi connectivity index (χ3v) is 3.52. The van der Waals surface area contributed by atoms with E-state index in [4.69, 9.17) is 5.26 Å². The van der Waals surface area contributed by atoms with Crippen molar-refractivity contribution in [2.75, 3.05) is 31.1 Å². The van der Waals surface area contributed by atoms with E-state index in [1.165, 1.54) is 0 Å². The van der Waals surface area contributed by atoms with Crippen molar-refractivity contribution in [1.29, 1.82) is 0 Å². The van der Waals surface area contributed by atoms with Crippen molar-refractivity contribution >= 4 is 16.7 Å². The Morgan fingerprint density at radius 3 is 2.90 bits per heavy atom. The van der Waals surface area contributed by atoms with Gasteiger partial charge < -0.3 is 10.2 Å². The average molecular weight is 295 g/mol. The molecule has 0 atom stereocenters. The summed E-state index contributed by atoms with van der Waals surface area (Å²) in [5, 5.41) is 18.9. The molecule has 7 heteroatoms. The molecule has 0 radical (unpaired) electrons. The van der Waals surface area contributed by atoms with E-state index in [-0.39, 0.29) is 6.97 Å². The zero-order chi connectivity index (χ0) is 15.3. The Morgan fingerprint density at radius 2 is 2.24 bits per heavy atom. The van der Waals surface area contributed by atoms with Crippen LogP contribution < -0.4 is 10.2 Å². The number of nitrogens with one attached hydrogen (secondary N) is 2. The molecular weight excluding hydrogens is 270 g/mol. The monoisotopic (exact) mass is 295 g/mol. The van der Waals surface area contributed by atoms with Gasteiger partial charge in [0.1, 0.15) is 5.82 Å². The first-order valence-corrected chi connectivity index (χ1v) is 7.12. The maximum absolute atomic E-state index is 7.38. The number of fused-ring (bicyclic) bond motifs is 1. The van der Waals surface area contributed by atoms with E-state index in [1.54, 1.807) is 6.92 Å². The number of piperazine rings is 1. The molecule has 1 aliphatic heterocycles. The summed E-state index contributed by atoms with van der Waals surface area (Å²) in [5.74, 6) is 1.03. The number of aromatic nitrogens is 3. The standard InChI is InChI=1S/C12H17N5.C2H6O2.H2/c1-12(2)8-13-3-4-17(12)11-5-9-6-15-16-10(9)7-14-11;1-2-4-3;/h5-7,13H,3-4,8H2,1-2H3,(H,15,16);3H,2H2,1H3;1H. The Bertz CT molecular complexity index is 573. The van der Waals surface area contributed by atoms with Crippen LogP contribution in [0, 0.1) is 0 Å². The fraction of sp³-hybridized carbons (Fsp3) is 0.571. The number of pyridine rings is 1. The van der Waals surface area contributed by atoms with Crippen LogP contribution in [0.4, 0.5) is 5.82 Å². The summed E-state index contributed by atoms with van der Waals surface area (Å²) in [5.41, 5.74) is 1.09. The lowest BCUT2D eigenvalue weighted by Crippen LogP contribution is -2.58. The molecule has 0 amide bonds. The van der Waals surface area contributed by atoms with E-state index < -0.39 is 0 Å². The SMILES string of the molecule is CC1(C)CNCCN1c1cc2cn[nH]c2cn1.CCOO.[HH]. The van der Waals surface area contributed by atoms with Gasteiger partial charge >= 0.3 is 0 Å². The van der Waals surface area contributed by atoms with Crippen molar-refractivity contribution in [3.63, 3.8) is 0 Å². The summed E-state index contributed by atoms with van der Waals surface area (Å²) >= 11 is 0. The molecule has 7 nitrogen and oxygen atoms in total. The molecular formula is C14H25N5O2. The largest absolute Gasteiger partial charge is 0.349 e. The quantitative estimate of drug-likeness (QED) is 0.579. The maximum Gasteiger partial charge on any atom is 0.129 e. The van der Waals surface area contributed by atoms with Gasteiger partial charge in [-0.25, -0.2) is 9.87 Å². The van der Waals surface area contributed by atoms with E-state index in [2.05, 4.69) is 50.2 Å². The minimum absolute atomic E-state index is 0. The normalized spacial score (nSPS) is 17.4. The average Bonchev–Trinajstić information content (AvgIpc) is 2.94. The van der Waals surface area contributed by atoms with Crippen LogP contribution in [-0.2, 0) is 4.89 Å². The number of hydrogen-bond donors (Lipinski definition) is 3. The molecule has 2 aromatic rings. The predicted molar refractivity (Wildman–Crippen MR) is 84.6 cm³/mol. The minimum atomic E-state index is 0. The molecule has 118 valence electrons. The van der Waals surface area contributed by atoms with Gasteiger partial charge in [0, 0.05) is 32.0 Å². The van der Waals surface area contributed by atoms with Gasteiger partial charge in [-0.1, -0.05) is 0 Å². The molecule has 1 fully saturated rings. The summed E-state index contributed by atoms with van der Waals surface area (Å²) in [6.07, 6.45) is 3.70. The highest BCUT2D eigenvalue weighted by Gasteiger charge is 2.30. The summed E-state index contributed by atoms with van der Waals surface area (Å²) in [6.45, 7) is 9.54.